The maximum absolute atomic E-state index is 12.0. The molecule has 0 aromatic rings. The Labute approximate surface area is 246 Å². The highest BCUT2D eigenvalue weighted by molar-refractivity contribution is 5.69. The van der Waals surface area contributed by atoms with Crippen molar-refractivity contribution in [3.8, 4) is 0 Å². The molecule has 2 unspecified atom stereocenters. The fourth-order valence-corrected chi connectivity index (χ4v) is 5.62. The lowest BCUT2D eigenvalue weighted by Gasteiger charge is -2.15. The van der Waals surface area contributed by atoms with E-state index >= 15 is 0 Å². The molecule has 0 saturated heterocycles. The molecule has 232 valence electrons. The van der Waals surface area contributed by atoms with E-state index in [2.05, 4.69) is 47.6 Å². The summed E-state index contributed by atoms with van der Waals surface area (Å²) < 4.78 is 5.45. The van der Waals surface area contributed by atoms with Crippen molar-refractivity contribution in [2.45, 2.75) is 196 Å². The minimum absolute atomic E-state index is 0.0231. The number of ether oxygens (including phenoxy) is 1. The second-order valence-electron chi connectivity index (χ2n) is 13.4. The molecule has 0 aliphatic carbocycles. The van der Waals surface area contributed by atoms with Gasteiger partial charge in [-0.1, -0.05) is 169 Å². The minimum Gasteiger partial charge on any atom is -0.461 e. The van der Waals surface area contributed by atoms with Gasteiger partial charge in [-0.25, -0.2) is 0 Å². The summed E-state index contributed by atoms with van der Waals surface area (Å²) in [6.45, 7) is 14.4. The number of esters is 1. The van der Waals surface area contributed by atoms with Gasteiger partial charge in [-0.15, -0.1) is 0 Å². The molecule has 0 heterocycles. The first-order chi connectivity index (χ1) is 18.8. The van der Waals surface area contributed by atoms with Crippen LogP contribution in [-0.4, -0.2) is 12.6 Å². The van der Waals surface area contributed by atoms with Crippen molar-refractivity contribution in [3.63, 3.8) is 0 Å². The summed E-state index contributed by atoms with van der Waals surface area (Å²) in [4.78, 5) is 12.0. The van der Waals surface area contributed by atoms with Crippen LogP contribution in [0.1, 0.15) is 196 Å². The smallest absolute Gasteiger partial charge is 0.306 e. The maximum atomic E-state index is 12.0. The van der Waals surface area contributed by atoms with Crippen LogP contribution in [0.4, 0.5) is 0 Å². The molecule has 2 atom stereocenters. The second kappa shape index (κ2) is 28.7. The Balaban J connectivity index is 3.54. The Bertz CT molecular complexity index is 550. The first-order valence-corrected chi connectivity index (χ1v) is 17.7. The molecule has 2 nitrogen and oxygen atoms in total. The number of unbranched alkanes of at least 4 members (excludes halogenated alkanes) is 13. The first kappa shape index (κ1) is 38.2. The molecule has 0 aliphatic rings. The number of rotatable bonds is 29. The molecule has 0 rings (SSSR count). The molecule has 0 aromatic carbocycles. The lowest BCUT2D eigenvalue weighted by Crippen LogP contribution is -2.04. The fraction of sp³-hybridized carbons (Fsp3) is 0.919. The molecule has 0 aromatic heterocycles. The standard InChI is InChI=1S/C37H72O2/c1-7-8-9-10-11-12-13-14-15-16-17-18-19-20-30-37(38)39-32-31-36(6)29-23-28-35(5)27-22-26-34(4)25-21-24-33(2)3/h31,33-35H,7-30,32H2,1-6H3. The van der Waals surface area contributed by atoms with E-state index in [-0.39, 0.29) is 5.97 Å². The molecule has 0 aliphatic heterocycles. The van der Waals surface area contributed by atoms with Crippen LogP contribution >= 0.6 is 0 Å². The van der Waals surface area contributed by atoms with Crippen LogP contribution in [0, 0.1) is 17.8 Å². The molecule has 0 radical (unpaired) electrons. The van der Waals surface area contributed by atoms with Crippen molar-refractivity contribution in [2.24, 2.45) is 17.8 Å². The van der Waals surface area contributed by atoms with Crippen LogP contribution in [0.2, 0.25) is 0 Å². The monoisotopic (exact) mass is 549 g/mol. The van der Waals surface area contributed by atoms with Gasteiger partial charge in [-0.3, -0.25) is 4.79 Å². The van der Waals surface area contributed by atoms with Crippen molar-refractivity contribution in [3.05, 3.63) is 11.6 Å². The summed E-state index contributed by atoms with van der Waals surface area (Å²) in [7, 11) is 0. The Kier molecular flexibility index (Phi) is 28.1. The highest BCUT2D eigenvalue weighted by atomic mass is 16.5. The first-order valence-electron chi connectivity index (χ1n) is 17.7. The van der Waals surface area contributed by atoms with E-state index in [0.717, 1.165) is 37.0 Å². The molecule has 0 N–H and O–H groups in total. The SMILES string of the molecule is CCCCCCCCCCCCCCCCC(=O)OCC=C(C)CCCC(C)CCCC(C)CCCC(C)C. The summed E-state index contributed by atoms with van der Waals surface area (Å²) in [5, 5.41) is 0. The van der Waals surface area contributed by atoms with Crippen LogP contribution < -0.4 is 0 Å². The van der Waals surface area contributed by atoms with Gasteiger partial charge in [0, 0.05) is 6.42 Å². The van der Waals surface area contributed by atoms with Crippen molar-refractivity contribution < 1.29 is 9.53 Å². The summed E-state index contributed by atoms with van der Waals surface area (Å²) in [5.41, 5.74) is 1.37. The van der Waals surface area contributed by atoms with E-state index in [4.69, 9.17) is 4.74 Å². The summed E-state index contributed by atoms with van der Waals surface area (Å²) in [6, 6.07) is 0. The second-order valence-corrected chi connectivity index (χ2v) is 13.4. The third kappa shape index (κ3) is 30.0. The average molecular weight is 549 g/mol. The third-order valence-corrected chi connectivity index (χ3v) is 8.55. The Morgan fingerprint density at radius 3 is 1.49 bits per heavy atom. The lowest BCUT2D eigenvalue weighted by atomic mass is 9.91. The molecule has 0 spiro atoms. The molecular formula is C37H72O2. The molecule has 0 fully saturated rings. The van der Waals surface area contributed by atoms with Gasteiger partial charge in [0.15, 0.2) is 0 Å². The van der Waals surface area contributed by atoms with E-state index in [1.54, 1.807) is 0 Å². The van der Waals surface area contributed by atoms with Gasteiger partial charge in [-0.2, -0.15) is 0 Å². The Morgan fingerprint density at radius 2 is 1.00 bits per heavy atom. The van der Waals surface area contributed by atoms with Crippen molar-refractivity contribution in [1.82, 2.24) is 0 Å². The van der Waals surface area contributed by atoms with Gasteiger partial charge in [0.1, 0.15) is 6.61 Å². The van der Waals surface area contributed by atoms with Crippen LogP contribution in [0.25, 0.3) is 0 Å². The van der Waals surface area contributed by atoms with Crippen molar-refractivity contribution in [2.75, 3.05) is 6.61 Å². The van der Waals surface area contributed by atoms with E-state index in [9.17, 15) is 4.79 Å². The van der Waals surface area contributed by atoms with Gasteiger partial charge < -0.3 is 4.74 Å². The number of hydrogen-bond donors (Lipinski definition) is 0. The molecule has 0 bridgehead atoms. The van der Waals surface area contributed by atoms with E-state index < -0.39 is 0 Å². The molecule has 2 heteroatoms. The van der Waals surface area contributed by atoms with Gasteiger partial charge in [0.2, 0.25) is 0 Å². The predicted molar refractivity (Wildman–Crippen MR) is 174 cm³/mol. The number of hydrogen-bond acceptors (Lipinski definition) is 2. The van der Waals surface area contributed by atoms with Crippen LogP contribution in [0.3, 0.4) is 0 Å². The van der Waals surface area contributed by atoms with E-state index in [1.165, 1.54) is 134 Å². The van der Waals surface area contributed by atoms with Gasteiger partial charge in [0.05, 0.1) is 0 Å². The van der Waals surface area contributed by atoms with Crippen LogP contribution in [-0.2, 0) is 9.53 Å². The number of carbonyl (C=O) groups is 1. The largest absolute Gasteiger partial charge is 0.461 e. The van der Waals surface area contributed by atoms with Gasteiger partial charge in [-0.05, 0) is 50.0 Å². The van der Waals surface area contributed by atoms with Gasteiger partial charge >= 0.3 is 5.97 Å². The molecular weight excluding hydrogens is 476 g/mol. The van der Waals surface area contributed by atoms with E-state index in [0.29, 0.717) is 13.0 Å². The van der Waals surface area contributed by atoms with E-state index in [1.807, 2.05) is 0 Å². The van der Waals surface area contributed by atoms with Crippen molar-refractivity contribution in [1.29, 1.82) is 0 Å². The fourth-order valence-electron chi connectivity index (χ4n) is 5.62. The Hall–Kier alpha value is -0.790. The topological polar surface area (TPSA) is 26.3 Å². The summed E-state index contributed by atoms with van der Waals surface area (Å²) in [5.74, 6) is 2.53. The zero-order valence-corrected chi connectivity index (χ0v) is 27.8. The number of allylic oxidation sites excluding steroid dienone is 1. The number of carbonyl (C=O) groups excluding carboxylic acids is 1. The summed E-state index contributed by atoms with van der Waals surface area (Å²) in [6.07, 6.45) is 33.5. The van der Waals surface area contributed by atoms with Crippen LogP contribution in [0.15, 0.2) is 11.6 Å². The average Bonchev–Trinajstić information content (AvgIpc) is 2.88. The maximum Gasteiger partial charge on any atom is 0.306 e. The molecule has 0 saturated carbocycles. The minimum atomic E-state index is -0.0231. The highest BCUT2D eigenvalue weighted by Crippen LogP contribution is 2.22. The zero-order chi connectivity index (χ0) is 29.0. The zero-order valence-electron chi connectivity index (χ0n) is 27.8. The quantitative estimate of drug-likeness (QED) is 0.0527. The third-order valence-electron chi connectivity index (χ3n) is 8.55. The normalized spacial score (nSPS) is 13.7. The molecule has 39 heavy (non-hydrogen) atoms. The Morgan fingerprint density at radius 1 is 0.564 bits per heavy atom. The predicted octanol–water partition coefficient (Wildman–Crippen LogP) is 12.8. The van der Waals surface area contributed by atoms with Crippen LogP contribution in [0.5, 0.6) is 0 Å². The van der Waals surface area contributed by atoms with Crippen molar-refractivity contribution >= 4 is 5.97 Å². The molecule has 0 amide bonds. The lowest BCUT2D eigenvalue weighted by molar-refractivity contribution is -0.142. The summed E-state index contributed by atoms with van der Waals surface area (Å²) >= 11 is 0. The van der Waals surface area contributed by atoms with Gasteiger partial charge in [0.25, 0.3) is 0 Å². The highest BCUT2D eigenvalue weighted by Gasteiger charge is 2.07.